The van der Waals surface area contributed by atoms with Crippen molar-refractivity contribution >= 4 is 15.9 Å². The molecule has 0 spiro atoms. The third kappa shape index (κ3) is 3.44. The Labute approximate surface area is 122 Å². The maximum atomic E-state index is 12.0. The molecule has 21 heavy (non-hydrogen) atoms. The van der Waals surface area contributed by atoms with Crippen LogP contribution in [-0.4, -0.2) is 36.6 Å². The van der Waals surface area contributed by atoms with Crippen molar-refractivity contribution in [2.75, 3.05) is 7.05 Å². The zero-order valence-corrected chi connectivity index (χ0v) is 12.3. The van der Waals surface area contributed by atoms with Crippen LogP contribution in [0.25, 0.3) is 0 Å². The van der Waals surface area contributed by atoms with Crippen molar-refractivity contribution in [2.45, 2.75) is 18.0 Å². The molecule has 2 rings (SSSR count). The van der Waals surface area contributed by atoms with E-state index in [0.717, 1.165) is 5.69 Å². The summed E-state index contributed by atoms with van der Waals surface area (Å²) in [5, 5.41) is 9.19. The van der Waals surface area contributed by atoms with Crippen molar-refractivity contribution < 1.29 is 13.2 Å². The van der Waals surface area contributed by atoms with Gasteiger partial charge in [0.25, 0.3) is 15.9 Å². The van der Waals surface area contributed by atoms with Gasteiger partial charge in [-0.3, -0.25) is 9.89 Å². The quantitative estimate of drug-likeness (QED) is 0.729. The van der Waals surface area contributed by atoms with Crippen molar-refractivity contribution in [3.8, 4) is 0 Å². The summed E-state index contributed by atoms with van der Waals surface area (Å²) in [6.45, 7) is 1.80. The SMILES string of the molecule is CNS(=O)(=O)c1ccc(C(=O)N[C@@H](C)c2ccn[nH]2)cn1. The molecule has 2 aromatic rings. The molecular weight excluding hydrogens is 294 g/mol. The molecule has 0 radical (unpaired) electrons. The summed E-state index contributed by atoms with van der Waals surface area (Å²) in [6.07, 6.45) is 2.82. The molecule has 0 aliphatic carbocycles. The summed E-state index contributed by atoms with van der Waals surface area (Å²) in [5.74, 6) is -0.349. The molecule has 1 amide bonds. The molecule has 0 aliphatic rings. The van der Waals surface area contributed by atoms with Crippen molar-refractivity contribution in [2.24, 2.45) is 0 Å². The second-order valence-corrected chi connectivity index (χ2v) is 6.13. The van der Waals surface area contributed by atoms with Crippen molar-refractivity contribution in [1.29, 1.82) is 0 Å². The zero-order chi connectivity index (χ0) is 15.5. The van der Waals surface area contributed by atoms with E-state index in [1.807, 2.05) is 0 Å². The lowest BCUT2D eigenvalue weighted by Gasteiger charge is -2.12. The lowest BCUT2D eigenvalue weighted by molar-refractivity contribution is 0.0938. The molecule has 0 aliphatic heterocycles. The lowest BCUT2D eigenvalue weighted by Crippen LogP contribution is -2.27. The molecule has 3 N–H and O–H groups in total. The first kappa shape index (κ1) is 15.1. The standard InChI is InChI=1S/C12H15N5O3S/c1-8(10-5-6-15-17-10)16-12(18)9-3-4-11(14-7-9)21(19,20)13-2/h3-8,13H,1-2H3,(H,15,17)(H,16,18)/t8-/m0/s1. The van der Waals surface area contributed by atoms with Gasteiger partial charge in [0, 0.05) is 12.4 Å². The number of nitrogens with zero attached hydrogens (tertiary/aromatic N) is 2. The number of hydrogen-bond donors (Lipinski definition) is 3. The molecule has 0 unspecified atom stereocenters. The van der Waals surface area contributed by atoms with E-state index in [1.165, 1.54) is 25.4 Å². The van der Waals surface area contributed by atoms with Crippen molar-refractivity contribution in [3.05, 3.63) is 41.9 Å². The van der Waals surface area contributed by atoms with Crippen LogP contribution in [0.15, 0.2) is 35.6 Å². The highest BCUT2D eigenvalue weighted by Gasteiger charge is 2.16. The lowest BCUT2D eigenvalue weighted by atomic mass is 10.2. The first-order valence-corrected chi connectivity index (χ1v) is 7.62. The second kappa shape index (κ2) is 6.02. The predicted octanol–water partition coefficient (Wildman–Crippen LogP) is 0.204. The number of rotatable bonds is 5. The molecule has 2 heterocycles. The minimum Gasteiger partial charge on any atom is -0.344 e. The van der Waals surface area contributed by atoms with Gasteiger partial charge in [0.1, 0.15) is 0 Å². The van der Waals surface area contributed by atoms with Gasteiger partial charge in [0.05, 0.1) is 17.3 Å². The summed E-state index contributed by atoms with van der Waals surface area (Å²) >= 11 is 0. The number of H-pyrrole nitrogens is 1. The van der Waals surface area contributed by atoms with Gasteiger partial charge in [-0.05, 0) is 32.2 Å². The number of pyridine rings is 1. The number of sulfonamides is 1. The minimum absolute atomic E-state index is 0.136. The first-order valence-electron chi connectivity index (χ1n) is 6.14. The van der Waals surface area contributed by atoms with Gasteiger partial charge in [-0.2, -0.15) is 5.10 Å². The number of amides is 1. The van der Waals surface area contributed by atoms with Crippen molar-refractivity contribution in [3.63, 3.8) is 0 Å². The van der Waals surface area contributed by atoms with Crippen LogP contribution >= 0.6 is 0 Å². The molecule has 0 fully saturated rings. The fourth-order valence-corrected chi connectivity index (χ4v) is 2.29. The van der Waals surface area contributed by atoms with Crippen LogP contribution in [0.4, 0.5) is 0 Å². The van der Waals surface area contributed by atoms with E-state index in [9.17, 15) is 13.2 Å². The number of nitrogens with one attached hydrogen (secondary N) is 3. The Bertz CT molecular complexity index is 710. The van der Waals surface area contributed by atoms with Crippen LogP contribution in [0.5, 0.6) is 0 Å². The third-order valence-corrected chi connectivity index (χ3v) is 4.21. The van der Waals surface area contributed by atoms with Gasteiger partial charge < -0.3 is 5.32 Å². The largest absolute Gasteiger partial charge is 0.344 e. The molecule has 1 atom stereocenters. The van der Waals surface area contributed by atoms with E-state index in [4.69, 9.17) is 0 Å². The predicted molar refractivity (Wildman–Crippen MR) is 75.0 cm³/mol. The van der Waals surface area contributed by atoms with E-state index in [1.54, 1.807) is 19.2 Å². The van der Waals surface area contributed by atoms with Crippen LogP contribution in [0.2, 0.25) is 0 Å². The molecule has 0 aromatic carbocycles. The van der Waals surface area contributed by atoms with E-state index < -0.39 is 10.0 Å². The third-order valence-electron chi connectivity index (χ3n) is 2.88. The highest BCUT2D eigenvalue weighted by molar-refractivity contribution is 7.89. The molecule has 112 valence electrons. The average molecular weight is 309 g/mol. The Kier molecular flexibility index (Phi) is 4.34. The molecule has 9 heteroatoms. The maximum Gasteiger partial charge on any atom is 0.257 e. The van der Waals surface area contributed by atoms with E-state index in [-0.39, 0.29) is 22.5 Å². The van der Waals surface area contributed by atoms with Crippen molar-refractivity contribution in [1.82, 2.24) is 25.2 Å². The average Bonchev–Trinajstić information content (AvgIpc) is 3.01. The molecular formula is C12H15N5O3S. The Morgan fingerprint density at radius 3 is 2.62 bits per heavy atom. The topological polar surface area (TPSA) is 117 Å². The zero-order valence-electron chi connectivity index (χ0n) is 11.5. The highest BCUT2D eigenvalue weighted by Crippen LogP contribution is 2.10. The van der Waals surface area contributed by atoms with Gasteiger partial charge in [-0.1, -0.05) is 0 Å². The number of aromatic nitrogens is 3. The van der Waals surface area contributed by atoms with Crippen LogP contribution in [0, 0.1) is 0 Å². The summed E-state index contributed by atoms with van der Waals surface area (Å²) in [5.41, 5.74) is 1.04. The van der Waals surface area contributed by atoms with E-state index >= 15 is 0 Å². The Hall–Kier alpha value is -2.26. The van der Waals surface area contributed by atoms with Gasteiger partial charge >= 0.3 is 0 Å². The summed E-state index contributed by atoms with van der Waals surface area (Å²) in [6, 6.07) is 4.19. The highest BCUT2D eigenvalue weighted by atomic mass is 32.2. The van der Waals surface area contributed by atoms with Gasteiger partial charge in [0.15, 0.2) is 5.03 Å². The summed E-state index contributed by atoms with van der Waals surface area (Å²) in [7, 11) is -2.31. The first-order chi connectivity index (χ1) is 9.94. The van der Waals surface area contributed by atoms with Gasteiger partial charge in [0.2, 0.25) is 0 Å². The van der Waals surface area contributed by atoms with E-state index in [0.29, 0.717) is 0 Å². The number of hydrogen-bond acceptors (Lipinski definition) is 5. The normalized spacial score (nSPS) is 12.9. The molecule has 0 bridgehead atoms. The Morgan fingerprint density at radius 1 is 1.33 bits per heavy atom. The Balaban J connectivity index is 2.10. The Morgan fingerprint density at radius 2 is 2.10 bits per heavy atom. The number of carbonyl (C=O) groups excluding carboxylic acids is 1. The number of carbonyl (C=O) groups is 1. The number of aromatic amines is 1. The summed E-state index contributed by atoms with van der Waals surface area (Å²) < 4.78 is 25.2. The minimum atomic E-state index is -3.61. The van der Waals surface area contributed by atoms with Crippen LogP contribution in [0.3, 0.4) is 0 Å². The maximum absolute atomic E-state index is 12.0. The van der Waals surface area contributed by atoms with Crippen LogP contribution in [0.1, 0.15) is 29.0 Å². The fourth-order valence-electron chi connectivity index (χ4n) is 1.64. The smallest absolute Gasteiger partial charge is 0.257 e. The summed E-state index contributed by atoms with van der Waals surface area (Å²) in [4.78, 5) is 15.8. The molecule has 0 saturated carbocycles. The molecule has 8 nitrogen and oxygen atoms in total. The van der Waals surface area contributed by atoms with Gasteiger partial charge in [-0.25, -0.2) is 18.1 Å². The fraction of sp³-hybridized carbons (Fsp3) is 0.250. The molecule has 0 saturated heterocycles. The molecule has 2 aromatic heterocycles. The van der Waals surface area contributed by atoms with Crippen LogP contribution < -0.4 is 10.0 Å². The van der Waals surface area contributed by atoms with Crippen LogP contribution in [-0.2, 0) is 10.0 Å². The van der Waals surface area contributed by atoms with E-state index in [2.05, 4.69) is 25.2 Å². The second-order valence-electron chi connectivity index (χ2n) is 4.30. The van der Waals surface area contributed by atoms with Gasteiger partial charge in [-0.15, -0.1) is 0 Å². The monoisotopic (exact) mass is 309 g/mol.